The molecule has 164 valence electrons. The second kappa shape index (κ2) is 7.18. The van der Waals surface area contributed by atoms with E-state index >= 15 is 8.63 Å². The maximum atomic E-state index is 16.2. The van der Waals surface area contributed by atoms with Gasteiger partial charge in [0.2, 0.25) is 0 Å². The predicted molar refractivity (Wildman–Crippen MR) is 120 cm³/mol. The monoisotopic (exact) mass is 428 g/mol. The maximum Gasteiger partial charge on any atom is 0.737 e. The third-order valence-corrected chi connectivity index (χ3v) is 6.89. The molecule has 2 aliphatic rings. The number of rotatable bonds is 4. The van der Waals surface area contributed by atoms with Crippen LogP contribution in [-0.4, -0.2) is 28.8 Å². The summed E-state index contributed by atoms with van der Waals surface area (Å²) in [6, 6.07) is 4.43. The summed E-state index contributed by atoms with van der Waals surface area (Å²) in [6.45, 7) is 7.15. The lowest BCUT2D eigenvalue weighted by molar-refractivity contribution is -0.363. The topological polar surface area (TPSA) is 17.2 Å². The number of methoxy groups -OCH3 is 1. The fraction of sp³-hybridized carbons (Fsp3) is 0.375. The van der Waals surface area contributed by atoms with E-state index in [2.05, 4.69) is 0 Å². The Bertz CT molecular complexity index is 1220. The molecule has 0 aliphatic carbocycles. The largest absolute Gasteiger partial charge is 0.737 e. The van der Waals surface area contributed by atoms with Gasteiger partial charge in [0.15, 0.2) is 5.70 Å². The van der Waals surface area contributed by atoms with Gasteiger partial charge < -0.3 is 22.3 Å². The van der Waals surface area contributed by atoms with Crippen LogP contribution in [0.1, 0.15) is 62.2 Å². The van der Waals surface area contributed by atoms with Crippen molar-refractivity contribution in [2.24, 2.45) is 0 Å². The van der Waals surface area contributed by atoms with Gasteiger partial charge in [-0.25, -0.2) is 4.39 Å². The summed E-state index contributed by atoms with van der Waals surface area (Å²) in [5, 5.41) is 0. The smallest absolute Gasteiger partial charge is 0.497 e. The van der Waals surface area contributed by atoms with Gasteiger partial charge in [0, 0.05) is 29.8 Å². The number of nitrogens with zero attached hydrogens (tertiary/aromatic N) is 2. The lowest BCUT2D eigenvalue weighted by Gasteiger charge is -2.34. The summed E-state index contributed by atoms with van der Waals surface area (Å²) >= 11 is 0. The van der Waals surface area contributed by atoms with E-state index in [4.69, 9.17) is 4.74 Å². The average Bonchev–Trinajstić information content (AvgIpc) is 3.12. The van der Waals surface area contributed by atoms with E-state index in [0.29, 0.717) is 52.5 Å². The van der Waals surface area contributed by atoms with Gasteiger partial charge in [-0.05, 0) is 68.1 Å². The van der Waals surface area contributed by atoms with E-state index < -0.39 is 12.8 Å². The number of hydrogen-bond donors (Lipinski definition) is 0. The van der Waals surface area contributed by atoms with Crippen LogP contribution in [0.2, 0.25) is 0 Å². The quantitative estimate of drug-likeness (QED) is 0.544. The first-order valence-electron chi connectivity index (χ1n) is 10.8. The van der Waals surface area contributed by atoms with E-state index in [1.807, 2.05) is 27.7 Å². The van der Waals surface area contributed by atoms with Crippen LogP contribution >= 0.6 is 0 Å². The number of ether oxygens (including phenoxy) is 1. The lowest BCUT2D eigenvalue weighted by atomic mass is 9.83. The Morgan fingerprint density at radius 3 is 2.29 bits per heavy atom. The molecule has 2 aliphatic heterocycles. The first-order chi connectivity index (χ1) is 14.6. The van der Waals surface area contributed by atoms with E-state index in [9.17, 15) is 4.39 Å². The van der Waals surface area contributed by atoms with Crippen molar-refractivity contribution in [2.45, 2.75) is 54.4 Å². The van der Waals surface area contributed by atoms with Gasteiger partial charge in [0.05, 0.1) is 12.7 Å². The molecule has 0 bridgehead atoms. The molecule has 0 fully saturated rings. The molecule has 0 N–H and O–H groups in total. The van der Waals surface area contributed by atoms with E-state index in [1.54, 1.807) is 19.9 Å². The molecule has 3 heterocycles. The molecule has 1 aromatic carbocycles. The molecule has 0 radical (unpaired) electrons. The standard InChI is InChI=1S/C24H28BF3N2O/c1-8-20-13(3)23-22(17-10-18(26)12-19(11-17)31-7)24-14(4)21(9-2)16(6)30(24)25(27,28)29(23)15(20)5/h10-12H,8-9H2,1-7H3. The SMILES string of the molecule is CCC1=C(C)C2=C(c3cc(F)cc(OC)c3)c3c(C)c(CC)c(C)n3[B-](F)(F)[N+]2=C1C. The molecule has 3 nitrogen and oxygen atoms in total. The zero-order chi connectivity index (χ0) is 22.8. The van der Waals surface area contributed by atoms with Gasteiger partial charge >= 0.3 is 6.97 Å². The number of benzene rings is 1. The van der Waals surface area contributed by atoms with Crippen molar-refractivity contribution in [3.8, 4) is 5.75 Å². The van der Waals surface area contributed by atoms with Crippen LogP contribution in [0.5, 0.6) is 5.75 Å². The molecule has 1 aromatic heterocycles. The predicted octanol–water partition coefficient (Wildman–Crippen LogP) is 6.02. The highest BCUT2D eigenvalue weighted by molar-refractivity contribution is 6.58. The molecule has 0 saturated carbocycles. The van der Waals surface area contributed by atoms with E-state index in [-0.39, 0.29) is 0 Å². The van der Waals surface area contributed by atoms with Crippen LogP contribution in [-0.2, 0) is 6.42 Å². The van der Waals surface area contributed by atoms with Gasteiger partial charge in [-0.3, -0.25) is 0 Å². The third kappa shape index (κ3) is 2.78. The van der Waals surface area contributed by atoms with Crippen molar-refractivity contribution >= 4 is 18.3 Å². The van der Waals surface area contributed by atoms with Crippen LogP contribution in [0.4, 0.5) is 13.0 Å². The summed E-state index contributed by atoms with van der Waals surface area (Å²) in [5.41, 5.74) is 6.72. The Morgan fingerprint density at radius 1 is 1.03 bits per heavy atom. The molecular weight excluding hydrogens is 400 g/mol. The lowest BCUT2D eigenvalue weighted by Crippen LogP contribution is -2.51. The van der Waals surface area contributed by atoms with Crippen LogP contribution in [0.3, 0.4) is 0 Å². The van der Waals surface area contributed by atoms with Gasteiger partial charge in [-0.15, -0.1) is 0 Å². The minimum absolute atomic E-state index is 0.358. The van der Waals surface area contributed by atoms with Crippen LogP contribution in [0, 0.1) is 19.7 Å². The maximum absolute atomic E-state index is 16.2. The average molecular weight is 428 g/mol. The molecule has 7 heteroatoms. The highest BCUT2D eigenvalue weighted by Crippen LogP contribution is 2.47. The zero-order valence-electron chi connectivity index (χ0n) is 19.2. The Labute approximate surface area is 181 Å². The summed E-state index contributed by atoms with van der Waals surface area (Å²) in [4.78, 5) is 0. The van der Waals surface area contributed by atoms with Crippen LogP contribution in [0.15, 0.2) is 35.0 Å². The molecule has 0 atom stereocenters. The zero-order valence-corrected chi connectivity index (χ0v) is 19.2. The van der Waals surface area contributed by atoms with Crippen molar-refractivity contribution < 1.29 is 22.2 Å². The molecule has 0 saturated heterocycles. The minimum Gasteiger partial charge on any atom is -0.497 e. The van der Waals surface area contributed by atoms with E-state index in [0.717, 1.165) is 22.3 Å². The Morgan fingerprint density at radius 2 is 1.71 bits per heavy atom. The molecule has 0 unspecified atom stereocenters. The Balaban J connectivity index is 2.23. The fourth-order valence-electron chi connectivity index (χ4n) is 5.58. The van der Waals surface area contributed by atoms with E-state index in [1.165, 1.54) is 28.2 Å². The van der Waals surface area contributed by atoms with Gasteiger partial charge in [-0.1, -0.05) is 13.8 Å². The van der Waals surface area contributed by atoms with Crippen LogP contribution < -0.4 is 4.74 Å². The van der Waals surface area contributed by atoms with Crippen LogP contribution in [0.25, 0.3) is 5.57 Å². The number of fused-ring (bicyclic) bond motifs is 2. The highest BCUT2D eigenvalue weighted by atomic mass is 19.2. The van der Waals surface area contributed by atoms with Crippen molar-refractivity contribution in [3.63, 3.8) is 0 Å². The summed E-state index contributed by atoms with van der Waals surface area (Å²) < 4.78 is 54.5. The second-order valence-corrected chi connectivity index (χ2v) is 8.37. The van der Waals surface area contributed by atoms with Crippen molar-refractivity contribution in [1.82, 2.24) is 4.48 Å². The summed E-state index contributed by atoms with van der Waals surface area (Å²) in [6.07, 6.45) is 1.30. The molecule has 4 rings (SSSR count). The summed E-state index contributed by atoms with van der Waals surface area (Å²) in [7, 11) is 1.47. The molecule has 0 amide bonds. The Hall–Kier alpha value is -2.70. The molecule has 31 heavy (non-hydrogen) atoms. The second-order valence-electron chi connectivity index (χ2n) is 8.37. The molecular formula is C24H28BF3N2O. The van der Waals surface area contributed by atoms with Gasteiger partial charge in [-0.2, -0.15) is 0 Å². The van der Waals surface area contributed by atoms with Crippen molar-refractivity contribution in [1.29, 1.82) is 0 Å². The number of allylic oxidation sites excluding steroid dienone is 2. The minimum atomic E-state index is -4.09. The third-order valence-electron chi connectivity index (χ3n) is 6.89. The fourth-order valence-corrected chi connectivity index (χ4v) is 5.58. The number of halogens is 3. The normalized spacial score (nSPS) is 17.5. The summed E-state index contributed by atoms with van der Waals surface area (Å²) in [5.74, 6) is -0.104. The highest BCUT2D eigenvalue weighted by Gasteiger charge is 2.56. The van der Waals surface area contributed by atoms with Crippen molar-refractivity contribution in [3.05, 3.63) is 68.9 Å². The number of aromatic nitrogens is 1. The number of hydrogen-bond acceptors (Lipinski definition) is 1. The Kier molecular flexibility index (Phi) is 4.99. The van der Waals surface area contributed by atoms with Crippen molar-refractivity contribution in [2.75, 3.05) is 7.11 Å². The van der Waals surface area contributed by atoms with Gasteiger partial charge in [0.25, 0.3) is 0 Å². The first-order valence-corrected chi connectivity index (χ1v) is 10.8. The molecule has 2 aromatic rings. The first kappa shape index (κ1) is 21.5. The molecule has 0 spiro atoms. The van der Waals surface area contributed by atoms with Gasteiger partial charge in [0.1, 0.15) is 17.3 Å².